The molecule has 0 saturated carbocycles. The van der Waals surface area contributed by atoms with Crippen LogP contribution in [0.1, 0.15) is 22.3 Å². The van der Waals surface area contributed by atoms with Gasteiger partial charge >= 0.3 is 0 Å². The van der Waals surface area contributed by atoms with Crippen LogP contribution in [0, 0.1) is 11.3 Å². The number of nitrogens with zero attached hydrogens (tertiary/aromatic N) is 3. The van der Waals surface area contributed by atoms with E-state index in [1.807, 2.05) is 18.2 Å². The van der Waals surface area contributed by atoms with Gasteiger partial charge in [-0.25, -0.2) is 0 Å². The number of halogens is 1. The van der Waals surface area contributed by atoms with E-state index in [9.17, 15) is 9.59 Å². The average molecular weight is 401 g/mol. The molecule has 0 bridgehead atoms. The van der Waals surface area contributed by atoms with Crippen molar-refractivity contribution in [2.75, 3.05) is 13.1 Å². The van der Waals surface area contributed by atoms with Crippen molar-refractivity contribution in [3.05, 3.63) is 64.4 Å². The first-order valence-corrected chi connectivity index (χ1v) is 8.47. The fourth-order valence-corrected chi connectivity index (χ4v) is 2.59. The second kappa shape index (κ2) is 9.55. The van der Waals surface area contributed by atoms with E-state index in [4.69, 9.17) is 5.26 Å². The molecule has 1 aromatic carbocycles. The summed E-state index contributed by atoms with van der Waals surface area (Å²) >= 11 is 3.31. The van der Waals surface area contributed by atoms with E-state index >= 15 is 0 Å². The fourth-order valence-electron chi connectivity index (χ4n) is 2.19. The molecular formula is C18H17BrN4O2. The Bertz CT molecular complexity index is 774. The third-order valence-electron chi connectivity index (χ3n) is 3.43. The molecule has 0 radical (unpaired) electrons. The quantitative estimate of drug-likeness (QED) is 0.773. The molecule has 7 heteroatoms. The lowest BCUT2D eigenvalue weighted by molar-refractivity contribution is -0.130. The van der Waals surface area contributed by atoms with E-state index in [0.29, 0.717) is 18.7 Å². The fraction of sp³-hybridized carbons (Fsp3) is 0.222. The maximum atomic E-state index is 12.4. The molecule has 0 aliphatic carbocycles. The van der Waals surface area contributed by atoms with Crippen molar-refractivity contribution in [3.8, 4) is 6.07 Å². The molecule has 2 aromatic rings. The highest BCUT2D eigenvalue weighted by atomic mass is 79.9. The van der Waals surface area contributed by atoms with Crippen LogP contribution in [0.15, 0.2) is 53.3 Å². The topological polar surface area (TPSA) is 86.1 Å². The Morgan fingerprint density at radius 2 is 2.12 bits per heavy atom. The maximum absolute atomic E-state index is 12.4. The van der Waals surface area contributed by atoms with E-state index in [0.717, 1.165) is 10.0 Å². The Morgan fingerprint density at radius 3 is 2.80 bits per heavy atom. The van der Waals surface area contributed by atoms with Gasteiger partial charge in [-0.3, -0.25) is 14.6 Å². The minimum absolute atomic E-state index is 0.128. The number of benzene rings is 1. The number of pyridine rings is 1. The first kappa shape index (κ1) is 18.6. The molecule has 2 rings (SSSR count). The highest BCUT2D eigenvalue weighted by Crippen LogP contribution is 2.11. The van der Waals surface area contributed by atoms with Crippen molar-refractivity contribution in [1.29, 1.82) is 5.26 Å². The minimum Gasteiger partial charge on any atom is -0.343 e. The predicted octanol–water partition coefficient (Wildman–Crippen LogP) is 2.52. The number of carbonyl (C=O) groups is 2. The number of hydrogen-bond acceptors (Lipinski definition) is 4. The molecule has 0 spiro atoms. The van der Waals surface area contributed by atoms with Crippen LogP contribution in [0.2, 0.25) is 0 Å². The van der Waals surface area contributed by atoms with Crippen LogP contribution in [-0.4, -0.2) is 34.8 Å². The molecule has 0 unspecified atom stereocenters. The number of amides is 2. The summed E-state index contributed by atoms with van der Waals surface area (Å²) in [4.78, 5) is 30.1. The molecule has 1 heterocycles. The number of hydrogen-bond donors (Lipinski definition) is 1. The number of carbonyl (C=O) groups excluding carboxylic acids is 2. The summed E-state index contributed by atoms with van der Waals surface area (Å²) in [6.07, 6.45) is 3.56. The van der Waals surface area contributed by atoms with Gasteiger partial charge in [-0.2, -0.15) is 5.26 Å². The first-order chi connectivity index (χ1) is 12.1. The smallest absolute Gasteiger partial charge is 0.251 e. The predicted molar refractivity (Wildman–Crippen MR) is 96.4 cm³/mol. The Morgan fingerprint density at radius 1 is 1.28 bits per heavy atom. The molecule has 0 aliphatic rings. The minimum atomic E-state index is -0.323. The van der Waals surface area contributed by atoms with Crippen molar-refractivity contribution in [1.82, 2.24) is 15.2 Å². The van der Waals surface area contributed by atoms with Gasteiger partial charge in [-0.05, 0) is 29.8 Å². The van der Waals surface area contributed by atoms with Crippen molar-refractivity contribution < 1.29 is 9.59 Å². The van der Waals surface area contributed by atoms with Crippen LogP contribution in [0.3, 0.4) is 0 Å². The second-order valence-electron chi connectivity index (χ2n) is 5.28. The summed E-state index contributed by atoms with van der Waals surface area (Å²) in [6, 6.07) is 12.6. The van der Waals surface area contributed by atoms with Gasteiger partial charge in [-0.1, -0.05) is 28.1 Å². The standard InChI is InChI=1S/C18H17BrN4O2/c19-16-6-1-5-15(10-16)18(25)22-12-17(24)23(9-3-7-20)13-14-4-2-8-21-11-14/h1-2,4-6,8,10-11H,3,9,12-13H2,(H,22,25). The van der Waals surface area contributed by atoms with E-state index in [2.05, 4.69) is 26.2 Å². The summed E-state index contributed by atoms with van der Waals surface area (Å²) in [5, 5.41) is 11.4. The van der Waals surface area contributed by atoms with Crippen LogP contribution in [-0.2, 0) is 11.3 Å². The van der Waals surface area contributed by atoms with Gasteiger partial charge in [-0.15, -0.1) is 0 Å². The van der Waals surface area contributed by atoms with Crippen molar-refractivity contribution in [2.45, 2.75) is 13.0 Å². The van der Waals surface area contributed by atoms with Crippen LogP contribution < -0.4 is 5.32 Å². The highest BCUT2D eigenvalue weighted by Gasteiger charge is 2.15. The lowest BCUT2D eigenvalue weighted by Gasteiger charge is -2.22. The van der Waals surface area contributed by atoms with Crippen molar-refractivity contribution in [2.24, 2.45) is 0 Å². The van der Waals surface area contributed by atoms with Gasteiger partial charge < -0.3 is 10.2 Å². The summed E-state index contributed by atoms with van der Waals surface area (Å²) in [7, 11) is 0. The lowest BCUT2D eigenvalue weighted by atomic mass is 10.2. The molecule has 0 atom stereocenters. The monoisotopic (exact) mass is 400 g/mol. The zero-order valence-electron chi connectivity index (χ0n) is 13.5. The molecule has 25 heavy (non-hydrogen) atoms. The van der Waals surface area contributed by atoms with Crippen molar-refractivity contribution >= 4 is 27.7 Å². The Balaban J connectivity index is 1.96. The number of rotatable bonds is 7. The molecule has 0 fully saturated rings. The lowest BCUT2D eigenvalue weighted by Crippen LogP contribution is -2.40. The van der Waals surface area contributed by atoms with E-state index in [-0.39, 0.29) is 24.8 Å². The molecule has 0 saturated heterocycles. The summed E-state index contributed by atoms with van der Waals surface area (Å²) in [5.74, 6) is -0.571. The van der Waals surface area contributed by atoms with Crippen molar-refractivity contribution in [3.63, 3.8) is 0 Å². The summed E-state index contributed by atoms with van der Waals surface area (Å²) in [6.45, 7) is 0.523. The van der Waals surface area contributed by atoms with Crippen LogP contribution >= 0.6 is 15.9 Å². The summed E-state index contributed by atoms with van der Waals surface area (Å²) < 4.78 is 0.790. The van der Waals surface area contributed by atoms with Gasteiger partial charge in [0.2, 0.25) is 5.91 Å². The zero-order chi connectivity index (χ0) is 18.1. The maximum Gasteiger partial charge on any atom is 0.251 e. The second-order valence-corrected chi connectivity index (χ2v) is 6.19. The van der Waals surface area contributed by atoms with E-state index in [1.165, 1.54) is 0 Å². The van der Waals surface area contributed by atoms with Gasteiger partial charge in [0.05, 0.1) is 19.0 Å². The number of aromatic nitrogens is 1. The average Bonchev–Trinajstić information content (AvgIpc) is 2.63. The molecular weight excluding hydrogens is 384 g/mol. The largest absolute Gasteiger partial charge is 0.343 e. The first-order valence-electron chi connectivity index (χ1n) is 7.67. The molecule has 1 N–H and O–H groups in total. The zero-order valence-corrected chi connectivity index (χ0v) is 15.1. The van der Waals surface area contributed by atoms with Gasteiger partial charge in [0.1, 0.15) is 0 Å². The Hall–Kier alpha value is -2.72. The van der Waals surface area contributed by atoms with E-state index < -0.39 is 0 Å². The molecule has 128 valence electrons. The van der Waals surface area contributed by atoms with E-state index in [1.54, 1.807) is 41.6 Å². The number of nitriles is 1. The third kappa shape index (κ3) is 6.01. The van der Waals surface area contributed by atoms with Crippen LogP contribution in [0.25, 0.3) is 0 Å². The van der Waals surface area contributed by atoms with Gasteiger partial charge in [0, 0.05) is 35.5 Å². The molecule has 6 nitrogen and oxygen atoms in total. The Labute approximate surface area is 154 Å². The Kier molecular flexibility index (Phi) is 7.11. The third-order valence-corrected chi connectivity index (χ3v) is 3.92. The van der Waals surface area contributed by atoms with Gasteiger partial charge in [0.15, 0.2) is 0 Å². The van der Waals surface area contributed by atoms with Crippen LogP contribution in [0.4, 0.5) is 0 Å². The SMILES string of the molecule is N#CCCN(Cc1cccnc1)C(=O)CNC(=O)c1cccc(Br)c1. The molecule has 0 aliphatic heterocycles. The highest BCUT2D eigenvalue weighted by molar-refractivity contribution is 9.10. The van der Waals surface area contributed by atoms with Crippen LogP contribution in [0.5, 0.6) is 0 Å². The van der Waals surface area contributed by atoms with Gasteiger partial charge in [0.25, 0.3) is 5.91 Å². The molecule has 1 aromatic heterocycles. The normalized spacial score (nSPS) is 9.92. The number of nitrogens with one attached hydrogen (secondary N) is 1. The summed E-state index contributed by atoms with van der Waals surface area (Å²) in [5.41, 5.74) is 1.34. The molecule has 2 amide bonds.